The van der Waals surface area contributed by atoms with Crippen LogP contribution in [0.2, 0.25) is 5.02 Å². The van der Waals surface area contributed by atoms with Gasteiger partial charge in [-0.25, -0.2) is 9.18 Å². The summed E-state index contributed by atoms with van der Waals surface area (Å²) < 4.78 is 22.2. The molecular weight excluding hydrogens is 309 g/mol. The maximum atomic E-state index is 14.2. The highest BCUT2D eigenvalue weighted by Crippen LogP contribution is 2.30. The molecule has 0 atom stereocenters. The lowest BCUT2D eigenvalue weighted by Crippen LogP contribution is -2.26. The Kier molecular flexibility index (Phi) is 3.78. The Bertz CT molecular complexity index is 810. The number of hydrogen-bond donors (Lipinski definition) is 0. The smallest absolute Gasteiger partial charge is 0.350 e. The summed E-state index contributed by atoms with van der Waals surface area (Å²) in [5.41, 5.74) is -0.329. The molecule has 0 aliphatic carbocycles. The van der Waals surface area contributed by atoms with Crippen molar-refractivity contribution in [2.75, 3.05) is 0 Å². The van der Waals surface area contributed by atoms with Gasteiger partial charge in [0, 0.05) is 19.0 Å². The summed E-state index contributed by atoms with van der Waals surface area (Å²) in [5.74, 6) is 0.698. The number of allylic oxidation sites excluding steroid dienone is 1. The van der Waals surface area contributed by atoms with Gasteiger partial charge in [0.2, 0.25) is 0 Å². The number of halogens is 2. The molecule has 1 aromatic carbocycles. The standard InChI is InChI=1S/C15H15ClFN3O2/c1-9(2)22-13-8-12(11(17)7-10(13)16)20-15(21)19-6-4-3-5-14(19)18-20/h7-8H,1,3-6H2,2H3. The highest BCUT2D eigenvalue weighted by Gasteiger charge is 2.20. The minimum Gasteiger partial charge on any atom is -0.461 e. The maximum Gasteiger partial charge on any atom is 0.350 e. The number of hydrogen-bond acceptors (Lipinski definition) is 3. The quantitative estimate of drug-likeness (QED) is 0.816. The zero-order valence-electron chi connectivity index (χ0n) is 12.1. The normalized spacial score (nSPS) is 13.8. The van der Waals surface area contributed by atoms with Crippen molar-refractivity contribution >= 4 is 11.6 Å². The van der Waals surface area contributed by atoms with Crippen molar-refractivity contribution in [3.63, 3.8) is 0 Å². The van der Waals surface area contributed by atoms with E-state index >= 15 is 0 Å². The van der Waals surface area contributed by atoms with E-state index in [1.165, 1.54) is 6.07 Å². The summed E-state index contributed by atoms with van der Waals surface area (Å²) in [4.78, 5) is 12.4. The van der Waals surface area contributed by atoms with Crippen LogP contribution in [-0.4, -0.2) is 14.3 Å². The van der Waals surface area contributed by atoms with Gasteiger partial charge in [0.05, 0.1) is 10.8 Å². The summed E-state index contributed by atoms with van der Waals surface area (Å²) >= 11 is 5.95. The van der Waals surface area contributed by atoms with Crippen LogP contribution in [0.3, 0.4) is 0 Å². The fourth-order valence-electron chi connectivity index (χ4n) is 2.50. The van der Waals surface area contributed by atoms with Crippen molar-refractivity contribution < 1.29 is 9.13 Å². The molecule has 3 rings (SSSR count). The van der Waals surface area contributed by atoms with Gasteiger partial charge in [0.25, 0.3) is 0 Å². The summed E-state index contributed by atoms with van der Waals surface area (Å²) in [6, 6.07) is 2.48. The lowest BCUT2D eigenvalue weighted by Gasteiger charge is -2.10. The predicted molar refractivity (Wildman–Crippen MR) is 81.2 cm³/mol. The van der Waals surface area contributed by atoms with Gasteiger partial charge in [-0.2, -0.15) is 4.68 Å². The van der Waals surface area contributed by atoms with E-state index in [0.29, 0.717) is 24.5 Å². The Hall–Kier alpha value is -2.08. The number of rotatable bonds is 3. The zero-order valence-corrected chi connectivity index (χ0v) is 12.9. The third-order valence-electron chi connectivity index (χ3n) is 3.48. The summed E-state index contributed by atoms with van der Waals surface area (Å²) in [6.45, 7) is 5.89. The van der Waals surface area contributed by atoms with Gasteiger partial charge < -0.3 is 4.74 Å². The van der Waals surface area contributed by atoms with Crippen molar-refractivity contribution in [3.8, 4) is 11.4 Å². The number of aryl methyl sites for hydroxylation is 1. The third kappa shape index (κ3) is 2.54. The molecule has 0 amide bonds. The second kappa shape index (κ2) is 5.61. The van der Waals surface area contributed by atoms with Crippen molar-refractivity contribution in [3.05, 3.63) is 51.6 Å². The van der Waals surface area contributed by atoms with Gasteiger partial charge in [-0.1, -0.05) is 18.2 Å². The molecule has 0 spiro atoms. The molecule has 0 saturated carbocycles. The average molecular weight is 324 g/mol. The minimum atomic E-state index is -0.628. The predicted octanol–water partition coefficient (Wildman–Crippen LogP) is 3.08. The maximum absolute atomic E-state index is 14.2. The first-order chi connectivity index (χ1) is 10.5. The molecule has 7 heteroatoms. The summed E-state index contributed by atoms with van der Waals surface area (Å²) in [5, 5.41) is 4.35. The molecule has 0 fully saturated rings. The first-order valence-electron chi connectivity index (χ1n) is 6.99. The molecule has 0 unspecified atom stereocenters. The largest absolute Gasteiger partial charge is 0.461 e. The Morgan fingerprint density at radius 3 is 2.91 bits per heavy atom. The summed E-state index contributed by atoms with van der Waals surface area (Å²) in [7, 11) is 0. The average Bonchev–Trinajstić information content (AvgIpc) is 2.79. The third-order valence-corrected chi connectivity index (χ3v) is 3.78. The van der Waals surface area contributed by atoms with E-state index in [-0.39, 0.29) is 22.1 Å². The summed E-state index contributed by atoms with van der Waals surface area (Å²) in [6.07, 6.45) is 2.61. The SMILES string of the molecule is C=C(C)Oc1cc(-n2nc3n(c2=O)CCCC3)c(F)cc1Cl. The molecule has 22 heavy (non-hydrogen) atoms. The van der Waals surface area contributed by atoms with Crippen LogP contribution in [0.1, 0.15) is 25.6 Å². The number of benzene rings is 1. The molecule has 2 heterocycles. The number of fused-ring (bicyclic) bond motifs is 1. The molecule has 1 aliphatic rings. The van der Waals surface area contributed by atoms with E-state index in [9.17, 15) is 9.18 Å². The van der Waals surface area contributed by atoms with E-state index in [1.807, 2.05) is 0 Å². The van der Waals surface area contributed by atoms with E-state index < -0.39 is 5.82 Å². The van der Waals surface area contributed by atoms with Crippen LogP contribution in [0.4, 0.5) is 4.39 Å². The fourth-order valence-corrected chi connectivity index (χ4v) is 2.69. The van der Waals surface area contributed by atoms with Crippen molar-refractivity contribution in [2.24, 2.45) is 0 Å². The highest BCUT2D eigenvalue weighted by molar-refractivity contribution is 6.32. The molecule has 2 aromatic rings. The second-order valence-corrected chi connectivity index (χ2v) is 5.66. The van der Waals surface area contributed by atoms with E-state index in [0.717, 1.165) is 23.6 Å². The first-order valence-corrected chi connectivity index (χ1v) is 7.36. The van der Waals surface area contributed by atoms with Crippen LogP contribution >= 0.6 is 11.6 Å². The second-order valence-electron chi connectivity index (χ2n) is 5.26. The van der Waals surface area contributed by atoms with E-state index in [4.69, 9.17) is 16.3 Å². The molecule has 0 bridgehead atoms. The molecule has 1 aromatic heterocycles. The molecular formula is C15H15ClFN3O2. The van der Waals surface area contributed by atoms with Gasteiger partial charge in [-0.3, -0.25) is 4.57 Å². The van der Waals surface area contributed by atoms with E-state index in [1.54, 1.807) is 11.5 Å². The lowest BCUT2D eigenvalue weighted by atomic mass is 10.2. The van der Waals surface area contributed by atoms with Crippen LogP contribution in [0, 0.1) is 5.82 Å². The van der Waals surface area contributed by atoms with Gasteiger partial charge in [-0.05, 0) is 25.8 Å². The van der Waals surface area contributed by atoms with Crippen molar-refractivity contribution in [1.82, 2.24) is 14.3 Å². The first kappa shape index (κ1) is 14.8. The zero-order chi connectivity index (χ0) is 15.9. The van der Waals surface area contributed by atoms with Crippen LogP contribution in [-0.2, 0) is 13.0 Å². The molecule has 116 valence electrons. The molecule has 1 aliphatic heterocycles. The molecule has 0 saturated heterocycles. The van der Waals surface area contributed by atoms with E-state index in [2.05, 4.69) is 11.7 Å². The van der Waals surface area contributed by atoms with Gasteiger partial charge in [-0.15, -0.1) is 5.10 Å². The number of ether oxygens (including phenoxy) is 1. The Balaban J connectivity index is 2.14. The van der Waals surface area contributed by atoms with Crippen molar-refractivity contribution in [1.29, 1.82) is 0 Å². The highest BCUT2D eigenvalue weighted by atomic mass is 35.5. The number of aromatic nitrogens is 3. The van der Waals surface area contributed by atoms with Crippen LogP contribution in [0.25, 0.3) is 5.69 Å². The Morgan fingerprint density at radius 1 is 1.45 bits per heavy atom. The van der Waals surface area contributed by atoms with Crippen molar-refractivity contribution in [2.45, 2.75) is 32.7 Å². The van der Waals surface area contributed by atoms with Gasteiger partial charge in [0.15, 0.2) is 5.82 Å². The number of nitrogens with zero attached hydrogens (tertiary/aromatic N) is 3. The monoisotopic (exact) mass is 323 g/mol. The molecule has 5 nitrogen and oxygen atoms in total. The van der Waals surface area contributed by atoms with Crippen LogP contribution in [0.5, 0.6) is 5.75 Å². The topological polar surface area (TPSA) is 49.0 Å². The van der Waals surface area contributed by atoms with Crippen LogP contribution < -0.4 is 10.4 Å². The Labute approximate surface area is 131 Å². The van der Waals surface area contributed by atoms with Crippen LogP contribution in [0.15, 0.2) is 29.3 Å². The Morgan fingerprint density at radius 2 is 2.23 bits per heavy atom. The van der Waals surface area contributed by atoms with Gasteiger partial charge in [0.1, 0.15) is 17.3 Å². The lowest BCUT2D eigenvalue weighted by molar-refractivity contribution is 0.429. The minimum absolute atomic E-state index is 0.0209. The molecule has 0 N–H and O–H groups in total. The molecule has 0 radical (unpaired) electrons. The fraction of sp³-hybridized carbons (Fsp3) is 0.333. The van der Waals surface area contributed by atoms with Gasteiger partial charge >= 0.3 is 5.69 Å².